The molecular formula is C15H18N2O4S. The standard InChI is InChI=1S/C15H18N2O4S/c1-10(18)17-6-4-11-8-12(2-3-13(11)17)15(21)16-5-7-22-9-14(19)20/h2-3,8H,4-7,9H2,1H3,(H,16,21)(H,19,20). The third-order valence-corrected chi connectivity index (χ3v) is 4.32. The topological polar surface area (TPSA) is 86.7 Å². The van der Waals surface area contributed by atoms with Crippen molar-refractivity contribution < 1.29 is 19.5 Å². The first-order valence-corrected chi connectivity index (χ1v) is 8.13. The normalized spacial score (nSPS) is 12.9. The molecular weight excluding hydrogens is 304 g/mol. The van der Waals surface area contributed by atoms with Gasteiger partial charge in [0.25, 0.3) is 5.91 Å². The van der Waals surface area contributed by atoms with E-state index >= 15 is 0 Å². The lowest BCUT2D eigenvalue weighted by Gasteiger charge is -2.14. The number of anilines is 1. The van der Waals surface area contributed by atoms with Crippen LogP contribution in [0, 0.1) is 0 Å². The molecule has 7 heteroatoms. The average molecular weight is 322 g/mol. The Labute approximate surface area is 132 Å². The number of hydrogen-bond donors (Lipinski definition) is 2. The highest BCUT2D eigenvalue weighted by atomic mass is 32.2. The van der Waals surface area contributed by atoms with E-state index in [9.17, 15) is 14.4 Å². The average Bonchev–Trinajstić information content (AvgIpc) is 2.89. The number of carboxylic acids is 1. The zero-order valence-electron chi connectivity index (χ0n) is 12.3. The number of carbonyl (C=O) groups excluding carboxylic acids is 2. The van der Waals surface area contributed by atoms with Gasteiger partial charge in [-0.1, -0.05) is 0 Å². The summed E-state index contributed by atoms with van der Waals surface area (Å²) in [6, 6.07) is 5.33. The van der Waals surface area contributed by atoms with Gasteiger partial charge in [-0.3, -0.25) is 14.4 Å². The molecule has 1 aromatic rings. The highest BCUT2D eigenvalue weighted by molar-refractivity contribution is 7.99. The maximum absolute atomic E-state index is 12.0. The number of amides is 2. The molecule has 2 amide bonds. The summed E-state index contributed by atoms with van der Waals surface area (Å²) in [6.07, 6.45) is 0.754. The number of rotatable bonds is 6. The second kappa shape index (κ2) is 7.31. The molecule has 0 aromatic heterocycles. The SMILES string of the molecule is CC(=O)N1CCc2cc(C(=O)NCCSCC(=O)O)ccc21. The van der Waals surface area contributed by atoms with E-state index in [0.29, 0.717) is 24.4 Å². The monoisotopic (exact) mass is 322 g/mol. The molecule has 1 aliphatic heterocycles. The maximum Gasteiger partial charge on any atom is 0.313 e. The van der Waals surface area contributed by atoms with E-state index in [1.807, 2.05) is 6.07 Å². The highest BCUT2D eigenvalue weighted by Gasteiger charge is 2.22. The number of fused-ring (bicyclic) bond motifs is 1. The molecule has 0 unspecified atom stereocenters. The minimum Gasteiger partial charge on any atom is -0.481 e. The first-order valence-electron chi connectivity index (χ1n) is 6.98. The van der Waals surface area contributed by atoms with Crippen molar-refractivity contribution >= 4 is 35.2 Å². The third-order valence-electron chi connectivity index (χ3n) is 3.37. The van der Waals surface area contributed by atoms with Gasteiger partial charge in [-0.15, -0.1) is 11.8 Å². The van der Waals surface area contributed by atoms with Crippen LogP contribution in [0.25, 0.3) is 0 Å². The molecule has 0 aliphatic carbocycles. The van der Waals surface area contributed by atoms with Crippen molar-refractivity contribution in [3.05, 3.63) is 29.3 Å². The van der Waals surface area contributed by atoms with Crippen LogP contribution in [0.5, 0.6) is 0 Å². The Morgan fingerprint density at radius 1 is 1.36 bits per heavy atom. The molecule has 2 rings (SSSR count). The lowest BCUT2D eigenvalue weighted by Crippen LogP contribution is -2.26. The van der Waals surface area contributed by atoms with Crippen molar-refractivity contribution in [1.29, 1.82) is 0 Å². The molecule has 0 radical (unpaired) electrons. The van der Waals surface area contributed by atoms with Crippen LogP contribution in [0.2, 0.25) is 0 Å². The molecule has 118 valence electrons. The number of benzene rings is 1. The van der Waals surface area contributed by atoms with Gasteiger partial charge in [-0.25, -0.2) is 0 Å². The van der Waals surface area contributed by atoms with Crippen molar-refractivity contribution in [2.45, 2.75) is 13.3 Å². The Hall–Kier alpha value is -2.02. The van der Waals surface area contributed by atoms with E-state index < -0.39 is 5.97 Å². The van der Waals surface area contributed by atoms with Crippen LogP contribution in [0.1, 0.15) is 22.8 Å². The van der Waals surface area contributed by atoms with Gasteiger partial charge in [-0.05, 0) is 30.2 Å². The molecule has 0 saturated heterocycles. The Kier molecular flexibility index (Phi) is 5.43. The largest absolute Gasteiger partial charge is 0.481 e. The van der Waals surface area contributed by atoms with Gasteiger partial charge >= 0.3 is 5.97 Å². The fourth-order valence-electron chi connectivity index (χ4n) is 2.37. The van der Waals surface area contributed by atoms with Crippen LogP contribution < -0.4 is 10.2 Å². The van der Waals surface area contributed by atoms with Gasteiger partial charge in [0.2, 0.25) is 5.91 Å². The molecule has 0 spiro atoms. The summed E-state index contributed by atoms with van der Waals surface area (Å²) in [4.78, 5) is 35.6. The minimum atomic E-state index is -0.857. The molecule has 6 nitrogen and oxygen atoms in total. The van der Waals surface area contributed by atoms with Crippen LogP contribution >= 0.6 is 11.8 Å². The molecule has 1 heterocycles. The van der Waals surface area contributed by atoms with E-state index in [4.69, 9.17) is 5.11 Å². The van der Waals surface area contributed by atoms with Crippen molar-refractivity contribution in [3.63, 3.8) is 0 Å². The minimum absolute atomic E-state index is 0.00593. The summed E-state index contributed by atoms with van der Waals surface area (Å²) in [5.74, 6) is -0.437. The smallest absolute Gasteiger partial charge is 0.313 e. The predicted molar refractivity (Wildman–Crippen MR) is 85.5 cm³/mol. The Balaban J connectivity index is 1.89. The van der Waals surface area contributed by atoms with Crippen LogP contribution in [-0.2, 0) is 16.0 Å². The first kappa shape index (κ1) is 16.4. The van der Waals surface area contributed by atoms with Crippen LogP contribution in [0.4, 0.5) is 5.69 Å². The number of hydrogen-bond acceptors (Lipinski definition) is 4. The third kappa shape index (κ3) is 4.00. The highest BCUT2D eigenvalue weighted by Crippen LogP contribution is 2.28. The lowest BCUT2D eigenvalue weighted by atomic mass is 10.1. The second-order valence-corrected chi connectivity index (χ2v) is 6.07. The Morgan fingerprint density at radius 2 is 2.14 bits per heavy atom. The molecule has 0 saturated carbocycles. The first-order chi connectivity index (χ1) is 10.5. The number of nitrogens with zero attached hydrogens (tertiary/aromatic N) is 1. The number of thioether (sulfide) groups is 1. The van der Waals surface area contributed by atoms with Crippen molar-refractivity contribution in [2.24, 2.45) is 0 Å². The number of carboxylic acid groups (broad SMARTS) is 1. The molecule has 2 N–H and O–H groups in total. The number of nitrogens with one attached hydrogen (secondary N) is 1. The summed E-state index contributed by atoms with van der Waals surface area (Å²) in [6.45, 7) is 2.61. The van der Waals surface area contributed by atoms with Gasteiger partial charge in [0, 0.05) is 37.0 Å². The fourth-order valence-corrected chi connectivity index (χ4v) is 2.93. The molecule has 1 aliphatic rings. The van der Waals surface area contributed by atoms with E-state index in [2.05, 4.69) is 5.32 Å². The van der Waals surface area contributed by atoms with Crippen LogP contribution in [-0.4, -0.2) is 47.5 Å². The molecule has 1 aromatic carbocycles. The van der Waals surface area contributed by atoms with Crippen LogP contribution in [0.15, 0.2) is 18.2 Å². The van der Waals surface area contributed by atoms with Gasteiger partial charge < -0.3 is 15.3 Å². The predicted octanol–water partition coefficient (Wildman–Crippen LogP) is 1.14. The Bertz CT molecular complexity index is 603. The van der Waals surface area contributed by atoms with E-state index in [-0.39, 0.29) is 17.6 Å². The lowest BCUT2D eigenvalue weighted by molar-refractivity contribution is -0.133. The van der Waals surface area contributed by atoms with Gasteiger partial charge in [0.05, 0.1) is 5.75 Å². The quantitative estimate of drug-likeness (QED) is 0.767. The van der Waals surface area contributed by atoms with Crippen molar-refractivity contribution in [3.8, 4) is 0 Å². The van der Waals surface area contributed by atoms with Gasteiger partial charge in [0.1, 0.15) is 0 Å². The molecule has 0 bridgehead atoms. The summed E-state index contributed by atoms with van der Waals surface area (Å²) in [7, 11) is 0. The fraction of sp³-hybridized carbons (Fsp3) is 0.400. The molecule has 22 heavy (non-hydrogen) atoms. The maximum atomic E-state index is 12.0. The Morgan fingerprint density at radius 3 is 2.82 bits per heavy atom. The summed E-state index contributed by atoms with van der Waals surface area (Å²) in [5, 5.41) is 11.3. The molecule has 0 atom stereocenters. The van der Waals surface area contributed by atoms with E-state index in [0.717, 1.165) is 17.7 Å². The zero-order valence-corrected chi connectivity index (χ0v) is 13.1. The van der Waals surface area contributed by atoms with Crippen molar-refractivity contribution in [2.75, 3.05) is 29.5 Å². The van der Waals surface area contributed by atoms with Gasteiger partial charge in [0.15, 0.2) is 0 Å². The zero-order chi connectivity index (χ0) is 16.1. The van der Waals surface area contributed by atoms with E-state index in [1.165, 1.54) is 18.7 Å². The van der Waals surface area contributed by atoms with Crippen molar-refractivity contribution in [1.82, 2.24) is 5.32 Å². The summed E-state index contributed by atoms with van der Waals surface area (Å²) in [5.41, 5.74) is 2.44. The van der Waals surface area contributed by atoms with E-state index in [1.54, 1.807) is 17.0 Å². The van der Waals surface area contributed by atoms with Crippen LogP contribution in [0.3, 0.4) is 0 Å². The van der Waals surface area contributed by atoms with Gasteiger partial charge in [-0.2, -0.15) is 0 Å². The second-order valence-electron chi connectivity index (χ2n) is 4.97. The number of carbonyl (C=O) groups is 3. The summed E-state index contributed by atoms with van der Waals surface area (Å²) < 4.78 is 0. The number of aliphatic carboxylic acids is 1. The summed E-state index contributed by atoms with van der Waals surface area (Å²) >= 11 is 1.26. The molecule has 0 fully saturated rings.